The predicted octanol–water partition coefficient (Wildman–Crippen LogP) is 0.760. The summed E-state index contributed by atoms with van der Waals surface area (Å²) in [4.78, 5) is 0. The molecule has 26 valence electrons. The number of hydrogen-bond donors (Lipinski definition) is 1. The summed E-state index contributed by atoms with van der Waals surface area (Å²) in [6.07, 6.45) is 0. The van der Waals surface area contributed by atoms with E-state index in [1.165, 1.54) is 0 Å². The molecule has 0 spiro atoms. The lowest BCUT2D eigenvalue weighted by atomic mass is 10.9. The molecule has 2 heteroatoms. The van der Waals surface area contributed by atoms with Crippen molar-refractivity contribution < 1.29 is 5.11 Å². The van der Waals surface area contributed by atoms with Gasteiger partial charge in [-0.15, -0.1) is 0 Å². The molecule has 1 nitrogen and oxygen atoms in total. The van der Waals surface area contributed by atoms with Crippen LogP contribution in [0.15, 0.2) is 0 Å². The van der Waals surface area contributed by atoms with Crippen molar-refractivity contribution in [3.8, 4) is 0 Å². The fourth-order valence-corrected chi connectivity index (χ4v) is 0. The molecule has 1 atom stereocenters. The van der Waals surface area contributed by atoms with E-state index in [0.717, 1.165) is 0 Å². The molecule has 0 bridgehead atoms. The first kappa shape index (κ1) is 4.69. The van der Waals surface area contributed by atoms with Crippen LogP contribution >= 0.6 is 22.6 Å². The van der Waals surface area contributed by atoms with E-state index in [4.69, 9.17) is 5.11 Å². The van der Waals surface area contributed by atoms with Crippen LogP contribution in [-0.4, -0.2) is 9.22 Å². The van der Waals surface area contributed by atoms with Gasteiger partial charge >= 0.3 is 0 Å². The molecule has 0 aromatic rings. The van der Waals surface area contributed by atoms with Crippen molar-refractivity contribution in [2.45, 2.75) is 11.0 Å². The fourth-order valence-electron chi connectivity index (χ4n) is 0. The topological polar surface area (TPSA) is 20.2 Å². The molecule has 4 heavy (non-hydrogen) atoms. The molecule has 0 aromatic carbocycles. The third kappa shape index (κ3) is 16.1. The Labute approximate surface area is 39.2 Å². The molecule has 1 N–H and O–H groups in total. The van der Waals surface area contributed by atoms with Gasteiger partial charge in [0.25, 0.3) is 0 Å². The van der Waals surface area contributed by atoms with Gasteiger partial charge in [-0.1, -0.05) is 22.6 Å². The van der Waals surface area contributed by atoms with Crippen LogP contribution in [-0.2, 0) is 0 Å². The lowest BCUT2D eigenvalue weighted by molar-refractivity contribution is 0.299. The molecule has 0 rings (SSSR count). The van der Waals surface area contributed by atoms with Gasteiger partial charge in [0.1, 0.15) is 4.11 Å². The maximum atomic E-state index is 8.04. The number of aliphatic hydroxyl groups is 1. The van der Waals surface area contributed by atoms with E-state index < -0.39 is 0 Å². The van der Waals surface area contributed by atoms with Gasteiger partial charge in [-0.25, -0.2) is 0 Å². The Morgan fingerprint density at radius 1 is 2.00 bits per heavy atom. The maximum Gasteiger partial charge on any atom is 0.102 e. The summed E-state index contributed by atoms with van der Waals surface area (Å²) < 4.78 is -0.197. The molecule has 0 aliphatic carbocycles. The van der Waals surface area contributed by atoms with Crippen molar-refractivity contribution in [1.29, 1.82) is 0 Å². The highest BCUT2D eigenvalue weighted by molar-refractivity contribution is 14.1. The van der Waals surface area contributed by atoms with E-state index in [1.807, 2.05) is 22.6 Å². The first-order valence-corrected chi connectivity index (χ1v) is 2.30. The monoisotopic (exact) mass is 172 g/mol. The van der Waals surface area contributed by atoms with Crippen LogP contribution in [0.5, 0.6) is 0 Å². The summed E-state index contributed by atoms with van der Waals surface area (Å²) in [5.74, 6) is 0. The van der Waals surface area contributed by atoms with E-state index in [2.05, 4.69) is 0 Å². The Morgan fingerprint density at radius 3 is 2.00 bits per heavy atom. The molecule has 0 radical (unpaired) electrons. The number of alkyl halides is 1. The van der Waals surface area contributed by atoms with Gasteiger partial charge in [0.15, 0.2) is 0 Å². The first-order valence-electron chi connectivity index (χ1n) is 1.05. The van der Waals surface area contributed by atoms with Crippen LogP contribution in [0.25, 0.3) is 0 Å². The minimum atomic E-state index is -0.197. The van der Waals surface area contributed by atoms with Crippen LogP contribution in [0.1, 0.15) is 6.92 Å². The Hall–Kier alpha value is 0.690. The molecule has 0 saturated heterocycles. The van der Waals surface area contributed by atoms with Crippen LogP contribution < -0.4 is 0 Å². The molecule has 0 aliphatic heterocycles. The molecular formula is C2H5IO. The second-order valence-electron chi connectivity index (χ2n) is 0.574. The van der Waals surface area contributed by atoms with Gasteiger partial charge in [0.2, 0.25) is 0 Å². The second kappa shape index (κ2) is 1.96. The fraction of sp³-hybridized carbons (Fsp3) is 1.00. The average molecular weight is 172 g/mol. The van der Waals surface area contributed by atoms with Crippen molar-refractivity contribution >= 4 is 22.6 Å². The lowest BCUT2D eigenvalue weighted by Gasteiger charge is -1.77. The van der Waals surface area contributed by atoms with Gasteiger partial charge in [0, 0.05) is 0 Å². The van der Waals surface area contributed by atoms with Crippen LogP contribution in [0.3, 0.4) is 0 Å². The average Bonchev–Trinajstić information content (AvgIpc) is 0.811. The number of halogens is 1. The van der Waals surface area contributed by atoms with E-state index in [9.17, 15) is 0 Å². The molecule has 0 amide bonds. The molecule has 0 aliphatic rings. The molecule has 0 heterocycles. The SMILES string of the molecule is C[C@H](O)I. The van der Waals surface area contributed by atoms with Gasteiger partial charge in [-0.2, -0.15) is 0 Å². The summed E-state index contributed by atoms with van der Waals surface area (Å²) in [5.41, 5.74) is 0. The van der Waals surface area contributed by atoms with E-state index in [-0.39, 0.29) is 4.11 Å². The quantitative estimate of drug-likeness (QED) is 0.422. The Bertz CT molecular complexity index is 10.8. The zero-order valence-electron chi connectivity index (χ0n) is 2.40. The lowest BCUT2D eigenvalue weighted by Crippen LogP contribution is -1.77. The maximum absolute atomic E-state index is 8.04. The molecule has 0 unspecified atom stereocenters. The minimum absolute atomic E-state index is 0.197. The summed E-state index contributed by atoms with van der Waals surface area (Å²) in [6.45, 7) is 1.71. The Kier molecular flexibility index (Phi) is 2.30. The zero-order chi connectivity index (χ0) is 3.58. The van der Waals surface area contributed by atoms with E-state index in [1.54, 1.807) is 6.92 Å². The van der Waals surface area contributed by atoms with Crippen molar-refractivity contribution in [3.05, 3.63) is 0 Å². The standard InChI is InChI=1S/C2H5IO/c1-2(3)4/h2,4H,1H3/t2-/m0/s1. The smallest absolute Gasteiger partial charge is 0.102 e. The highest BCUT2D eigenvalue weighted by Crippen LogP contribution is 1.86. The molecular weight excluding hydrogens is 167 g/mol. The first-order chi connectivity index (χ1) is 1.73. The van der Waals surface area contributed by atoms with E-state index in [0.29, 0.717) is 0 Å². The minimum Gasteiger partial charge on any atom is -0.383 e. The Balaban J connectivity index is 2.32. The molecule has 0 aromatic heterocycles. The number of hydrogen-bond acceptors (Lipinski definition) is 1. The van der Waals surface area contributed by atoms with Crippen molar-refractivity contribution in [1.82, 2.24) is 0 Å². The number of rotatable bonds is 0. The van der Waals surface area contributed by atoms with Gasteiger partial charge < -0.3 is 5.11 Å². The van der Waals surface area contributed by atoms with Crippen molar-refractivity contribution in [3.63, 3.8) is 0 Å². The summed E-state index contributed by atoms with van der Waals surface area (Å²) >= 11 is 1.90. The highest BCUT2D eigenvalue weighted by Gasteiger charge is 1.72. The molecule has 0 saturated carbocycles. The van der Waals surface area contributed by atoms with Gasteiger partial charge in [-0.05, 0) is 6.92 Å². The van der Waals surface area contributed by atoms with Crippen LogP contribution in [0.4, 0.5) is 0 Å². The van der Waals surface area contributed by atoms with E-state index >= 15 is 0 Å². The van der Waals surface area contributed by atoms with Crippen molar-refractivity contribution in [2.24, 2.45) is 0 Å². The third-order valence-corrected chi connectivity index (χ3v) is 0. The third-order valence-electron chi connectivity index (χ3n) is 0. The van der Waals surface area contributed by atoms with Gasteiger partial charge in [-0.3, -0.25) is 0 Å². The predicted molar refractivity (Wildman–Crippen MR) is 25.7 cm³/mol. The summed E-state index contributed by atoms with van der Waals surface area (Å²) in [6, 6.07) is 0. The van der Waals surface area contributed by atoms with Crippen molar-refractivity contribution in [2.75, 3.05) is 0 Å². The summed E-state index contributed by atoms with van der Waals surface area (Å²) in [7, 11) is 0. The summed E-state index contributed by atoms with van der Waals surface area (Å²) in [5, 5.41) is 8.04. The van der Waals surface area contributed by atoms with Crippen LogP contribution in [0, 0.1) is 0 Å². The molecule has 0 fully saturated rings. The highest BCUT2D eigenvalue weighted by atomic mass is 127. The largest absolute Gasteiger partial charge is 0.383 e. The van der Waals surface area contributed by atoms with Crippen LogP contribution in [0.2, 0.25) is 0 Å². The second-order valence-corrected chi connectivity index (χ2v) is 2.38. The Morgan fingerprint density at radius 2 is 2.00 bits per heavy atom. The normalized spacial score (nSPS) is 15.8. The zero-order valence-corrected chi connectivity index (χ0v) is 4.56. The van der Waals surface area contributed by atoms with Gasteiger partial charge in [0.05, 0.1) is 0 Å². The number of aliphatic hydroxyl groups excluding tert-OH is 1.